The zero-order valence-electron chi connectivity index (χ0n) is 32.2. The summed E-state index contributed by atoms with van der Waals surface area (Å²) in [5.74, 6) is 1.02. The van der Waals surface area contributed by atoms with Crippen molar-refractivity contribution in [3.8, 4) is 5.75 Å². The fourth-order valence-corrected chi connectivity index (χ4v) is 8.54. The largest absolute Gasteiger partial charge is 1.00 e. The van der Waals surface area contributed by atoms with Crippen molar-refractivity contribution in [3.05, 3.63) is 120 Å². The van der Waals surface area contributed by atoms with Crippen molar-refractivity contribution in [3.63, 3.8) is 0 Å². The van der Waals surface area contributed by atoms with Gasteiger partial charge in [0.1, 0.15) is 29.4 Å². The van der Waals surface area contributed by atoms with Crippen molar-refractivity contribution in [2.24, 2.45) is 0 Å². The third-order valence-corrected chi connectivity index (χ3v) is 12.2. The summed E-state index contributed by atoms with van der Waals surface area (Å²) >= 11 is 0. The Morgan fingerprint density at radius 1 is 1.00 bits per heavy atom. The number of hydrogen-bond acceptors (Lipinski definition) is 10. The Morgan fingerprint density at radius 3 is 2.25 bits per heavy atom. The van der Waals surface area contributed by atoms with Gasteiger partial charge in [-0.15, -0.1) is 4.52 Å². The standard InChI is InChI=1S/C40H44FN4O8PSi.K/c1-49-31-19-17-30(18-20-31)40(28-13-7-5-8-14-28,29-15-9-6-10-16-29)51-25-32-35(53-54(47)48)34(41)38(52-32)45-24-27-12-11-21-44(36-33(27)37(45)43-26-42-36)39(46)50-22-23-55(2,3)4;/h5-10,13-20,24,26,32,34-35,38H,11-12,21-23,25H2,1-4H3;/q;+1/t32-,34-,35-,38-;/m1./s1. The normalized spacial score (nSPS) is 20.0. The molecule has 0 N–H and O–H groups in total. The molecule has 4 heterocycles. The minimum Gasteiger partial charge on any atom is -0.566 e. The Bertz CT molecular complexity index is 2090. The Labute approximate surface area is 370 Å². The predicted molar refractivity (Wildman–Crippen MR) is 206 cm³/mol. The van der Waals surface area contributed by atoms with E-state index in [1.807, 2.05) is 84.9 Å². The van der Waals surface area contributed by atoms with E-state index in [1.165, 1.54) is 11.2 Å². The molecule has 3 aromatic carbocycles. The van der Waals surface area contributed by atoms with Gasteiger partial charge >= 0.3 is 65.7 Å². The van der Waals surface area contributed by atoms with Gasteiger partial charge in [-0.05, 0) is 57.8 Å². The minimum absolute atomic E-state index is 0. The maximum absolute atomic E-state index is 16.8. The number of ether oxygens (including phenoxy) is 4. The molecule has 1 saturated heterocycles. The van der Waals surface area contributed by atoms with E-state index < -0.39 is 52.6 Å². The number of alkyl halides is 1. The SMILES string of the molecule is COc1ccc(C(OC[C@H]2O[C@@H](n3cc4c5c(ncnc53)N(C(=O)OCC[Si](C)(C)C)CCC4)[C@H](F)[C@@H]2O[P+](=O)[O-])(c2ccccc2)c2ccccc2)cc1.[K+]. The van der Waals surface area contributed by atoms with Crippen LogP contribution in [0.5, 0.6) is 5.75 Å². The number of anilines is 1. The van der Waals surface area contributed by atoms with Gasteiger partial charge in [0.15, 0.2) is 24.3 Å². The molecular formula is C40H44FKN4O8PSi+. The van der Waals surface area contributed by atoms with Crippen molar-refractivity contribution in [2.45, 2.75) is 68.7 Å². The maximum atomic E-state index is 16.8. The molecule has 0 radical (unpaired) electrons. The molecule has 56 heavy (non-hydrogen) atoms. The molecule has 2 aliphatic heterocycles. The molecule has 5 atom stereocenters. The molecule has 0 spiro atoms. The Balaban J connectivity index is 0.00000532. The van der Waals surface area contributed by atoms with Gasteiger partial charge < -0.3 is 28.4 Å². The Morgan fingerprint density at radius 2 is 1.64 bits per heavy atom. The molecule has 2 aliphatic rings. The third-order valence-electron chi connectivity index (χ3n) is 10.1. The number of hydrogen-bond donors (Lipinski definition) is 0. The average Bonchev–Trinajstić information content (AvgIpc) is 3.62. The van der Waals surface area contributed by atoms with Crippen LogP contribution in [0.25, 0.3) is 11.0 Å². The molecule has 1 amide bonds. The second-order valence-corrected chi connectivity index (χ2v) is 21.2. The molecule has 2 aromatic heterocycles. The van der Waals surface area contributed by atoms with E-state index in [2.05, 4.69) is 29.6 Å². The third kappa shape index (κ3) is 8.88. The molecule has 16 heteroatoms. The molecule has 0 aliphatic carbocycles. The van der Waals surface area contributed by atoms with Gasteiger partial charge in [-0.2, -0.15) is 0 Å². The number of halogens is 1. The van der Waals surface area contributed by atoms with Gasteiger partial charge in [-0.3, -0.25) is 4.90 Å². The van der Waals surface area contributed by atoms with Gasteiger partial charge in [-0.25, -0.2) is 19.2 Å². The summed E-state index contributed by atoms with van der Waals surface area (Å²) in [5.41, 5.74) is 2.24. The summed E-state index contributed by atoms with van der Waals surface area (Å²) in [7, 11) is -3.32. The van der Waals surface area contributed by atoms with E-state index in [-0.39, 0.29) is 58.0 Å². The predicted octanol–water partition coefficient (Wildman–Crippen LogP) is 4.32. The topological polar surface area (TPSA) is 137 Å². The second kappa shape index (κ2) is 18.3. The van der Waals surface area contributed by atoms with Crippen LogP contribution in [0.1, 0.15) is 34.9 Å². The van der Waals surface area contributed by atoms with Crippen molar-refractivity contribution in [1.29, 1.82) is 0 Å². The van der Waals surface area contributed by atoms with Crippen LogP contribution in [0.3, 0.4) is 0 Å². The van der Waals surface area contributed by atoms with Crippen molar-refractivity contribution in [2.75, 3.05) is 31.8 Å². The zero-order chi connectivity index (χ0) is 38.7. The Hall–Kier alpha value is -2.93. The minimum atomic E-state index is -3.47. The van der Waals surface area contributed by atoms with E-state index in [9.17, 15) is 14.3 Å². The van der Waals surface area contributed by atoms with Crippen LogP contribution in [0, 0.1) is 0 Å². The number of rotatable bonds is 13. The van der Waals surface area contributed by atoms with E-state index in [1.54, 1.807) is 17.9 Å². The molecule has 12 nitrogen and oxygen atoms in total. The number of aromatic nitrogens is 3. The van der Waals surface area contributed by atoms with Gasteiger partial charge in [-0.1, -0.05) is 92.4 Å². The van der Waals surface area contributed by atoms with Crippen molar-refractivity contribution < 1.29 is 93.5 Å². The summed E-state index contributed by atoms with van der Waals surface area (Å²) in [6.07, 6.45) is -2.28. The second-order valence-electron chi connectivity index (χ2n) is 14.9. The first-order valence-electron chi connectivity index (χ1n) is 18.3. The Kier molecular flexibility index (Phi) is 14.0. The first-order valence-corrected chi connectivity index (χ1v) is 23.1. The molecule has 0 bridgehead atoms. The number of carbonyl (C=O) groups is 1. The number of carbonyl (C=O) groups excluding carboxylic acids is 1. The number of nitrogens with zero attached hydrogens (tertiary/aromatic N) is 4. The van der Waals surface area contributed by atoms with Gasteiger partial charge in [0.25, 0.3) is 0 Å². The molecule has 288 valence electrons. The first-order chi connectivity index (χ1) is 26.5. The fourth-order valence-electron chi connectivity index (χ4n) is 7.37. The van der Waals surface area contributed by atoms with E-state index >= 15 is 4.39 Å². The van der Waals surface area contributed by atoms with E-state index in [4.69, 9.17) is 23.5 Å². The molecule has 0 saturated carbocycles. The quantitative estimate of drug-likeness (QED) is 0.0960. The molecular weight excluding hydrogens is 782 g/mol. The van der Waals surface area contributed by atoms with Crippen molar-refractivity contribution >= 4 is 39.3 Å². The number of methoxy groups -OCH3 is 1. The average molecular weight is 826 g/mol. The van der Waals surface area contributed by atoms with Crippen LogP contribution in [0.2, 0.25) is 25.7 Å². The zero-order valence-corrected chi connectivity index (χ0v) is 37.2. The number of amides is 1. The van der Waals surface area contributed by atoms with Gasteiger partial charge in [0, 0.05) is 20.8 Å². The van der Waals surface area contributed by atoms with Crippen LogP contribution in [0.15, 0.2) is 97.5 Å². The van der Waals surface area contributed by atoms with Crippen molar-refractivity contribution in [1.82, 2.24) is 14.5 Å². The summed E-state index contributed by atoms with van der Waals surface area (Å²) < 4.78 is 60.1. The number of aryl methyl sites for hydroxylation is 1. The van der Waals surface area contributed by atoms with Gasteiger partial charge in [0.05, 0.1) is 25.7 Å². The van der Waals surface area contributed by atoms with E-state index in [0.717, 1.165) is 28.3 Å². The summed E-state index contributed by atoms with van der Waals surface area (Å²) in [5, 5.41) is 0.580. The molecule has 7 rings (SSSR count). The monoisotopic (exact) mass is 825 g/mol. The molecule has 5 aromatic rings. The van der Waals surface area contributed by atoms with Crippen LogP contribution < -0.4 is 65.9 Å². The number of benzene rings is 3. The molecule has 1 unspecified atom stereocenters. The first kappa shape index (κ1) is 42.7. The summed E-state index contributed by atoms with van der Waals surface area (Å²) in [6.45, 7) is 7.08. The van der Waals surface area contributed by atoms with E-state index in [0.29, 0.717) is 48.6 Å². The smallest absolute Gasteiger partial charge is 0.566 e. The fraction of sp³-hybridized carbons (Fsp3) is 0.375. The van der Waals surface area contributed by atoms with Gasteiger partial charge in [0.2, 0.25) is 0 Å². The van der Waals surface area contributed by atoms with Crippen LogP contribution in [0.4, 0.5) is 15.0 Å². The summed E-state index contributed by atoms with van der Waals surface area (Å²) in [4.78, 5) is 35.9. The molecule has 1 fully saturated rings. The van der Waals surface area contributed by atoms with Crippen LogP contribution in [-0.2, 0) is 35.3 Å². The maximum Gasteiger partial charge on any atom is 1.00 e. The summed E-state index contributed by atoms with van der Waals surface area (Å²) in [6, 6.07) is 27.5. The van der Waals surface area contributed by atoms with Crippen LogP contribution in [-0.4, -0.2) is 74.0 Å². The van der Waals surface area contributed by atoms with Crippen LogP contribution >= 0.6 is 8.25 Å².